The molecule has 1 saturated heterocycles. The van der Waals surface area contributed by atoms with Gasteiger partial charge in [0.1, 0.15) is 0 Å². The Bertz CT molecular complexity index is 180. The molecule has 1 aliphatic heterocycles. The van der Waals surface area contributed by atoms with Gasteiger partial charge in [-0.3, -0.25) is 4.79 Å². The summed E-state index contributed by atoms with van der Waals surface area (Å²) in [6, 6.07) is 0. The summed E-state index contributed by atoms with van der Waals surface area (Å²) in [5, 5.41) is 8.72. The highest BCUT2D eigenvalue weighted by molar-refractivity contribution is 5.85. The number of carbonyl (C=O) groups is 1. The van der Waals surface area contributed by atoms with E-state index in [4.69, 9.17) is 10.8 Å². The van der Waals surface area contributed by atoms with Crippen molar-refractivity contribution in [1.29, 1.82) is 0 Å². The SMILES string of the molecule is CC(C)(N)C(=O)N1CC(CO)C1. The number of hydrogen-bond acceptors (Lipinski definition) is 3. The largest absolute Gasteiger partial charge is 0.396 e. The van der Waals surface area contributed by atoms with Crippen molar-refractivity contribution >= 4 is 5.91 Å². The topological polar surface area (TPSA) is 66.6 Å². The quantitative estimate of drug-likeness (QED) is 0.571. The van der Waals surface area contributed by atoms with Gasteiger partial charge in [0.05, 0.1) is 5.54 Å². The van der Waals surface area contributed by atoms with Crippen LogP contribution in [0.4, 0.5) is 0 Å². The average Bonchev–Trinajstić information content (AvgIpc) is 1.83. The van der Waals surface area contributed by atoms with E-state index >= 15 is 0 Å². The number of amides is 1. The number of nitrogens with two attached hydrogens (primary N) is 1. The molecule has 3 N–H and O–H groups in total. The molecule has 0 unspecified atom stereocenters. The molecule has 12 heavy (non-hydrogen) atoms. The first-order valence-corrected chi connectivity index (χ1v) is 4.14. The van der Waals surface area contributed by atoms with Crippen molar-refractivity contribution in [3.8, 4) is 0 Å². The number of rotatable bonds is 2. The van der Waals surface area contributed by atoms with Crippen LogP contribution < -0.4 is 5.73 Å². The van der Waals surface area contributed by atoms with E-state index in [0.717, 1.165) is 0 Å². The maximum Gasteiger partial charge on any atom is 0.242 e. The second-order valence-corrected chi connectivity index (χ2v) is 3.98. The molecular formula is C8H16N2O2. The van der Waals surface area contributed by atoms with Crippen LogP contribution in [0.3, 0.4) is 0 Å². The second kappa shape index (κ2) is 3.03. The van der Waals surface area contributed by atoms with Crippen LogP contribution in [0, 0.1) is 5.92 Å². The van der Waals surface area contributed by atoms with E-state index in [0.29, 0.717) is 13.1 Å². The van der Waals surface area contributed by atoms with Crippen LogP contribution >= 0.6 is 0 Å². The first-order valence-electron chi connectivity index (χ1n) is 4.14. The van der Waals surface area contributed by atoms with E-state index < -0.39 is 5.54 Å². The summed E-state index contributed by atoms with van der Waals surface area (Å²) in [7, 11) is 0. The minimum atomic E-state index is -0.777. The van der Waals surface area contributed by atoms with Crippen molar-refractivity contribution in [3.05, 3.63) is 0 Å². The first-order chi connectivity index (χ1) is 5.45. The Balaban J connectivity index is 2.39. The molecule has 0 aromatic heterocycles. The molecule has 0 aliphatic carbocycles. The first kappa shape index (κ1) is 9.48. The minimum Gasteiger partial charge on any atom is -0.396 e. The van der Waals surface area contributed by atoms with Gasteiger partial charge in [-0.05, 0) is 13.8 Å². The zero-order valence-corrected chi connectivity index (χ0v) is 7.58. The molecule has 0 spiro atoms. The summed E-state index contributed by atoms with van der Waals surface area (Å²) < 4.78 is 0. The van der Waals surface area contributed by atoms with Gasteiger partial charge in [-0.2, -0.15) is 0 Å². The highest BCUT2D eigenvalue weighted by Crippen LogP contribution is 2.17. The lowest BCUT2D eigenvalue weighted by atomic mass is 9.96. The molecule has 0 saturated carbocycles. The van der Waals surface area contributed by atoms with Crippen LogP contribution in [0.1, 0.15) is 13.8 Å². The van der Waals surface area contributed by atoms with E-state index in [2.05, 4.69) is 0 Å². The summed E-state index contributed by atoms with van der Waals surface area (Å²) in [6.45, 7) is 4.85. The van der Waals surface area contributed by atoms with Crippen LogP contribution in [0.2, 0.25) is 0 Å². The monoisotopic (exact) mass is 172 g/mol. The third kappa shape index (κ3) is 1.76. The Kier molecular flexibility index (Phi) is 2.39. The number of carbonyl (C=O) groups excluding carboxylic acids is 1. The highest BCUT2D eigenvalue weighted by Gasteiger charge is 2.35. The zero-order chi connectivity index (χ0) is 9.35. The third-order valence-corrected chi connectivity index (χ3v) is 2.05. The predicted molar refractivity (Wildman–Crippen MR) is 45.4 cm³/mol. The highest BCUT2D eigenvalue weighted by atomic mass is 16.3. The van der Waals surface area contributed by atoms with E-state index in [-0.39, 0.29) is 18.4 Å². The number of aliphatic hydroxyl groups excluding tert-OH is 1. The van der Waals surface area contributed by atoms with Crippen LogP contribution in [0.5, 0.6) is 0 Å². The normalized spacial score (nSPS) is 19.2. The Morgan fingerprint density at radius 1 is 1.67 bits per heavy atom. The second-order valence-electron chi connectivity index (χ2n) is 3.98. The van der Waals surface area contributed by atoms with E-state index in [1.54, 1.807) is 18.7 Å². The van der Waals surface area contributed by atoms with Gasteiger partial charge in [0, 0.05) is 25.6 Å². The van der Waals surface area contributed by atoms with Crippen LogP contribution in [-0.2, 0) is 4.79 Å². The fourth-order valence-electron chi connectivity index (χ4n) is 1.26. The lowest BCUT2D eigenvalue weighted by molar-refractivity contribution is -0.143. The molecule has 0 radical (unpaired) electrons. The minimum absolute atomic E-state index is 0.0350. The van der Waals surface area contributed by atoms with Gasteiger partial charge in [-0.15, -0.1) is 0 Å². The summed E-state index contributed by atoms with van der Waals surface area (Å²) in [5.74, 6) is 0.225. The molecule has 1 aliphatic rings. The van der Waals surface area contributed by atoms with Crippen LogP contribution in [-0.4, -0.2) is 41.1 Å². The lowest BCUT2D eigenvalue weighted by Gasteiger charge is -2.41. The van der Waals surface area contributed by atoms with Crippen molar-refractivity contribution in [3.63, 3.8) is 0 Å². The Morgan fingerprint density at radius 3 is 2.50 bits per heavy atom. The van der Waals surface area contributed by atoms with Gasteiger partial charge in [-0.1, -0.05) is 0 Å². The maximum absolute atomic E-state index is 11.4. The molecule has 4 heteroatoms. The van der Waals surface area contributed by atoms with E-state index in [1.807, 2.05) is 0 Å². The number of hydrogen-bond donors (Lipinski definition) is 2. The van der Waals surface area contributed by atoms with Crippen LogP contribution in [0.25, 0.3) is 0 Å². The molecular weight excluding hydrogens is 156 g/mol. The lowest BCUT2D eigenvalue weighted by Crippen LogP contribution is -2.59. The Morgan fingerprint density at radius 2 is 2.17 bits per heavy atom. The molecule has 1 fully saturated rings. The molecule has 0 aromatic carbocycles. The summed E-state index contributed by atoms with van der Waals surface area (Å²) in [5.41, 5.74) is 4.85. The molecule has 0 atom stereocenters. The third-order valence-electron chi connectivity index (χ3n) is 2.05. The molecule has 1 rings (SSSR count). The van der Waals surface area contributed by atoms with Gasteiger partial charge in [0.2, 0.25) is 5.91 Å². The van der Waals surface area contributed by atoms with Crippen molar-refractivity contribution < 1.29 is 9.90 Å². The molecule has 4 nitrogen and oxygen atoms in total. The van der Waals surface area contributed by atoms with Gasteiger partial charge < -0.3 is 15.7 Å². The average molecular weight is 172 g/mol. The van der Waals surface area contributed by atoms with Crippen molar-refractivity contribution in [2.75, 3.05) is 19.7 Å². The zero-order valence-electron chi connectivity index (χ0n) is 7.58. The number of aliphatic hydroxyl groups is 1. The summed E-state index contributed by atoms with van der Waals surface area (Å²) in [4.78, 5) is 13.1. The standard InChI is InChI=1S/C8H16N2O2/c1-8(2,9)7(12)10-3-6(4-10)5-11/h6,11H,3-5,9H2,1-2H3. The predicted octanol–water partition coefficient (Wildman–Crippen LogP) is -0.826. The van der Waals surface area contributed by atoms with Crippen molar-refractivity contribution in [2.45, 2.75) is 19.4 Å². The van der Waals surface area contributed by atoms with Gasteiger partial charge in [-0.25, -0.2) is 0 Å². The van der Waals surface area contributed by atoms with Gasteiger partial charge >= 0.3 is 0 Å². The molecule has 1 amide bonds. The molecule has 0 bridgehead atoms. The summed E-state index contributed by atoms with van der Waals surface area (Å²) in [6.07, 6.45) is 0. The Labute approximate surface area is 72.3 Å². The van der Waals surface area contributed by atoms with Crippen molar-refractivity contribution in [2.24, 2.45) is 11.7 Å². The number of likely N-dealkylation sites (tertiary alicyclic amines) is 1. The smallest absolute Gasteiger partial charge is 0.242 e. The fraction of sp³-hybridized carbons (Fsp3) is 0.875. The van der Waals surface area contributed by atoms with Gasteiger partial charge in [0.15, 0.2) is 0 Å². The Hall–Kier alpha value is -0.610. The summed E-state index contributed by atoms with van der Waals surface area (Å²) >= 11 is 0. The van der Waals surface area contributed by atoms with Crippen molar-refractivity contribution in [1.82, 2.24) is 4.90 Å². The molecule has 0 aromatic rings. The van der Waals surface area contributed by atoms with Gasteiger partial charge in [0.25, 0.3) is 0 Å². The van der Waals surface area contributed by atoms with E-state index in [9.17, 15) is 4.79 Å². The van der Waals surface area contributed by atoms with E-state index in [1.165, 1.54) is 0 Å². The fourth-order valence-corrected chi connectivity index (χ4v) is 1.26. The maximum atomic E-state index is 11.4. The van der Waals surface area contributed by atoms with Crippen LogP contribution in [0.15, 0.2) is 0 Å². The molecule has 1 heterocycles. The number of nitrogens with zero attached hydrogens (tertiary/aromatic N) is 1. The molecule has 70 valence electrons.